The minimum Gasteiger partial charge on any atom is -0.491 e. The Bertz CT molecular complexity index is 384. The van der Waals surface area contributed by atoms with Gasteiger partial charge in [-0.15, -0.1) is 0 Å². The lowest BCUT2D eigenvalue weighted by Gasteiger charge is -2.26. The van der Waals surface area contributed by atoms with Crippen LogP contribution < -0.4 is 10.1 Å². The summed E-state index contributed by atoms with van der Waals surface area (Å²) in [7, 11) is 2.07. The monoisotopic (exact) mass is 293 g/mol. The highest BCUT2D eigenvalue weighted by Crippen LogP contribution is 2.31. The summed E-state index contributed by atoms with van der Waals surface area (Å²) in [6.45, 7) is 4.12. The van der Waals surface area contributed by atoms with Crippen LogP contribution in [0.5, 0.6) is 5.75 Å². The molecule has 2 nitrogen and oxygen atoms in total. The van der Waals surface area contributed by atoms with Gasteiger partial charge in [0.25, 0.3) is 0 Å². The zero-order valence-electron chi connectivity index (χ0n) is 12.9. The second-order valence-electron chi connectivity index (χ2n) is 5.87. The fraction of sp³-hybridized carbons (Fsp3) is 0.647. The Balaban J connectivity index is 1.95. The number of rotatable bonds is 6. The van der Waals surface area contributed by atoms with Crippen LogP contribution in [0.2, 0.25) is 0 Å². The Labute approximate surface area is 127 Å². The highest BCUT2D eigenvalue weighted by molar-refractivity contribution is 7.99. The van der Waals surface area contributed by atoms with Gasteiger partial charge in [-0.05, 0) is 75.3 Å². The Kier molecular flexibility index (Phi) is 6.24. The van der Waals surface area contributed by atoms with Crippen molar-refractivity contribution in [2.75, 3.05) is 18.6 Å². The first-order chi connectivity index (χ1) is 9.69. The molecule has 1 aromatic rings. The van der Waals surface area contributed by atoms with Crippen molar-refractivity contribution in [2.24, 2.45) is 5.92 Å². The fourth-order valence-corrected chi connectivity index (χ4v) is 3.99. The molecule has 0 bridgehead atoms. The van der Waals surface area contributed by atoms with Crippen molar-refractivity contribution in [2.45, 2.75) is 45.3 Å². The van der Waals surface area contributed by atoms with Crippen molar-refractivity contribution >= 4 is 11.8 Å². The van der Waals surface area contributed by atoms with Crippen molar-refractivity contribution in [3.05, 3.63) is 29.8 Å². The van der Waals surface area contributed by atoms with Crippen molar-refractivity contribution in [1.29, 1.82) is 0 Å². The van der Waals surface area contributed by atoms with Gasteiger partial charge in [0.1, 0.15) is 5.75 Å². The van der Waals surface area contributed by atoms with E-state index in [1.165, 1.54) is 36.3 Å². The molecule has 20 heavy (non-hydrogen) atoms. The molecule has 1 aliphatic rings. The smallest absolute Gasteiger partial charge is 0.119 e. The molecule has 0 spiro atoms. The molecule has 1 saturated heterocycles. The SMILES string of the molecule is CNC(CC1CCSCC1)c1ccc(OC(C)C)cc1. The van der Waals surface area contributed by atoms with Gasteiger partial charge in [-0.3, -0.25) is 0 Å². The van der Waals surface area contributed by atoms with Crippen molar-refractivity contribution in [3.63, 3.8) is 0 Å². The van der Waals surface area contributed by atoms with Crippen LogP contribution in [0.3, 0.4) is 0 Å². The Morgan fingerprint density at radius 1 is 1.20 bits per heavy atom. The summed E-state index contributed by atoms with van der Waals surface area (Å²) in [6, 6.07) is 9.07. The summed E-state index contributed by atoms with van der Waals surface area (Å²) in [4.78, 5) is 0. The van der Waals surface area contributed by atoms with Gasteiger partial charge in [0.05, 0.1) is 6.10 Å². The molecular weight excluding hydrogens is 266 g/mol. The van der Waals surface area contributed by atoms with Gasteiger partial charge in [0.15, 0.2) is 0 Å². The average molecular weight is 293 g/mol. The van der Waals surface area contributed by atoms with Crippen LogP contribution in [0.15, 0.2) is 24.3 Å². The summed E-state index contributed by atoms with van der Waals surface area (Å²) >= 11 is 2.10. The third kappa shape index (κ3) is 4.71. The average Bonchev–Trinajstić information content (AvgIpc) is 2.46. The van der Waals surface area contributed by atoms with Gasteiger partial charge in [-0.25, -0.2) is 0 Å². The number of hydrogen-bond acceptors (Lipinski definition) is 3. The van der Waals surface area contributed by atoms with E-state index in [1.807, 2.05) is 0 Å². The third-order valence-electron chi connectivity index (χ3n) is 3.91. The predicted molar refractivity (Wildman–Crippen MR) is 88.7 cm³/mol. The Hall–Kier alpha value is -0.670. The highest BCUT2D eigenvalue weighted by atomic mass is 32.2. The second kappa shape index (κ2) is 7.94. The van der Waals surface area contributed by atoms with E-state index in [-0.39, 0.29) is 6.10 Å². The molecule has 3 heteroatoms. The van der Waals surface area contributed by atoms with Crippen LogP contribution in [0.1, 0.15) is 44.7 Å². The van der Waals surface area contributed by atoms with Crippen molar-refractivity contribution in [3.8, 4) is 5.75 Å². The van der Waals surface area contributed by atoms with Crippen molar-refractivity contribution < 1.29 is 4.74 Å². The molecule has 1 N–H and O–H groups in total. The molecule has 1 aliphatic heterocycles. The molecule has 0 aliphatic carbocycles. The molecule has 0 aromatic heterocycles. The van der Waals surface area contributed by atoms with Crippen LogP contribution in [0, 0.1) is 5.92 Å². The zero-order chi connectivity index (χ0) is 14.4. The van der Waals surface area contributed by atoms with Gasteiger partial charge in [-0.1, -0.05) is 12.1 Å². The van der Waals surface area contributed by atoms with E-state index in [0.717, 1.165) is 11.7 Å². The van der Waals surface area contributed by atoms with Gasteiger partial charge in [-0.2, -0.15) is 11.8 Å². The minimum atomic E-state index is 0.237. The number of ether oxygens (including phenoxy) is 1. The molecule has 1 atom stereocenters. The first kappa shape index (κ1) is 15.7. The molecular formula is C17H27NOS. The normalized spacial score (nSPS) is 18.2. The second-order valence-corrected chi connectivity index (χ2v) is 7.09. The standard InChI is InChI=1S/C17H27NOS/c1-13(2)19-16-6-4-15(5-7-16)17(18-3)12-14-8-10-20-11-9-14/h4-7,13-14,17-18H,8-12H2,1-3H3. The van der Waals surface area contributed by atoms with Gasteiger partial charge < -0.3 is 10.1 Å². The summed E-state index contributed by atoms with van der Waals surface area (Å²) in [5, 5.41) is 3.48. The van der Waals surface area contributed by atoms with Gasteiger partial charge in [0.2, 0.25) is 0 Å². The minimum absolute atomic E-state index is 0.237. The maximum Gasteiger partial charge on any atom is 0.119 e. The van der Waals surface area contributed by atoms with E-state index >= 15 is 0 Å². The van der Waals surface area contributed by atoms with Gasteiger partial charge in [0, 0.05) is 6.04 Å². The van der Waals surface area contributed by atoms with E-state index in [9.17, 15) is 0 Å². The van der Waals surface area contributed by atoms with Crippen LogP contribution >= 0.6 is 11.8 Å². The van der Waals surface area contributed by atoms with E-state index in [4.69, 9.17) is 4.74 Å². The number of thioether (sulfide) groups is 1. The van der Waals surface area contributed by atoms with Crippen molar-refractivity contribution in [1.82, 2.24) is 5.32 Å². The van der Waals surface area contributed by atoms with E-state index in [1.54, 1.807) is 0 Å². The fourth-order valence-electron chi connectivity index (χ4n) is 2.79. The summed E-state index contributed by atoms with van der Waals surface area (Å²) in [5.74, 6) is 4.51. The molecule has 1 unspecified atom stereocenters. The van der Waals surface area contributed by atoms with Gasteiger partial charge >= 0.3 is 0 Å². The lowest BCUT2D eigenvalue weighted by Crippen LogP contribution is -2.22. The molecule has 112 valence electrons. The van der Waals surface area contributed by atoms with Crippen LogP contribution in [-0.2, 0) is 0 Å². The molecule has 1 aromatic carbocycles. The highest BCUT2D eigenvalue weighted by Gasteiger charge is 2.19. The topological polar surface area (TPSA) is 21.3 Å². The largest absolute Gasteiger partial charge is 0.491 e. The van der Waals surface area contributed by atoms with E-state index in [2.05, 4.69) is 62.2 Å². The Morgan fingerprint density at radius 3 is 2.40 bits per heavy atom. The van der Waals surface area contributed by atoms with Crippen LogP contribution in [0.4, 0.5) is 0 Å². The lowest BCUT2D eigenvalue weighted by molar-refractivity contribution is 0.242. The van der Waals surface area contributed by atoms with E-state index < -0.39 is 0 Å². The molecule has 1 heterocycles. The molecule has 0 amide bonds. The maximum absolute atomic E-state index is 5.71. The van der Waals surface area contributed by atoms with Crippen LogP contribution in [0.25, 0.3) is 0 Å². The lowest BCUT2D eigenvalue weighted by atomic mass is 9.91. The first-order valence-electron chi connectivity index (χ1n) is 7.70. The molecule has 1 fully saturated rings. The Morgan fingerprint density at radius 2 is 1.85 bits per heavy atom. The quantitative estimate of drug-likeness (QED) is 0.846. The number of benzene rings is 1. The zero-order valence-corrected chi connectivity index (χ0v) is 13.7. The summed E-state index contributed by atoms with van der Waals surface area (Å²) in [5.41, 5.74) is 1.38. The predicted octanol–water partition coefficient (Wildman–Crippen LogP) is 4.27. The summed E-state index contributed by atoms with van der Waals surface area (Å²) < 4.78 is 5.71. The maximum atomic E-state index is 5.71. The molecule has 2 rings (SSSR count). The summed E-state index contributed by atoms with van der Waals surface area (Å²) in [6.07, 6.45) is 4.23. The number of hydrogen-bond donors (Lipinski definition) is 1. The number of nitrogens with one attached hydrogen (secondary N) is 1. The van der Waals surface area contributed by atoms with E-state index in [0.29, 0.717) is 6.04 Å². The molecule has 0 saturated carbocycles. The van der Waals surface area contributed by atoms with Crippen LogP contribution in [-0.4, -0.2) is 24.7 Å². The molecule has 0 radical (unpaired) electrons. The first-order valence-corrected chi connectivity index (χ1v) is 8.86. The third-order valence-corrected chi connectivity index (χ3v) is 4.96.